The highest BCUT2D eigenvalue weighted by Gasteiger charge is 2.25. The molecule has 5 rings (SSSR count). The summed E-state index contributed by atoms with van der Waals surface area (Å²) in [4.78, 5) is 12.6. The molecule has 0 fully saturated rings. The quantitative estimate of drug-likeness (QED) is 0.404. The molecule has 0 unspecified atom stereocenters. The molecule has 10 heteroatoms. The van der Waals surface area contributed by atoms with Crippen LogP contribution in [0.2, 0.25) is 0 Å². The Morgan fingerprint density at radius 3 is 2.25 bits per heavy atom. The SMILES string of the molecule is FC(F)F.O=C(OCc1ccccc1)c1cccc2c1OCc1ccc(cc1)S(=O)(=O)O2. The first-order valence-electron chi connectivity index (χ1n) is 9.19. The van der Waals surface area contributed by atoms with Crippen LogP contribution in [-0.4, -0.2) is 21.1 Å². The highest BCUT2D eigenvalue weighted by atomic mass is 32.2. The van der Waals surface area contributed by atoms with Gasteiger partial charge in [0.15, 0.2) is 11.5 Å². The lowest BCUT2D eigenvalue weighted by molar-refractivity contribution is 0.00817. The second-order valence-electron chi connectivity index (χ2n) is 6.41. The molecule has 0 spiro atoms. The number of para-hydroxylation sites is 1. The van der Waals surface area contributed by atoms with E-state index in [0.29, 0.717) is 0 Å². The van der Waals surface area contributed by atoms with Crippen molar-refractivity contribution in [1.82, 2.24) is 0 Å². The van der Waals surface area contributed by atoms with Crippen molar-refractivity contribution in [3.8, 4) is 11.5 Å². The normalized spacial score (nSPS) is 13.6. The van der Waals surface area contributed by atoms with Crippen LogP contribution in [0.3, 0.4) is 0 Å². The number of carbonyl (C=O) groups is 1. The van der Waals surface area contributed by atoms with Crippen LogP contribution in [0, 0.1) is 0 Å². The van der Waals surface area contributed by atoms with E-state index in [9.17, 15) is 26.4 Å². The van der Waals surface area contributed by atoms with E-state index in [1.54, 1.807) is 12.1 Å². The molecule has 0 aliphatic carbocycles. The third-order valence-corrected chi connectivity index (χ3v) is 5.45. The molecule has 0 atom stereocenters. The number of hydrogen-bond acceptors (Lipinski definition) is 6. The lowest BCUT2D eigenvalue weighted by Gasteiger charge is -2.18. The molecule has 0 saturated heterocycles. The summed E-state index contributed by atoms with van der Waals surface area (Å²) < 4.78 is 70.3. The van der Waals surface area contributed by atoms with Crippen molar-refractivity contribution in [2.24, 2.45) is 0 Å². The third-order valence-electron chi connectivity index (χ3n) is 4.21. The van der Waals surface area contributed by atoms with E-state index < -0.39 is 22.8 Å². The molecule has 3 aromatic rings. The van der Waals surface area contributed by atoms with E-state index in [0.717, 1.165) is 11.1 Å². The lowest BCUT2D eigenvalue weighted by Crippen LogP contribution is -2.15. The Bertz CT molecular complexity index is 1160. The molecular weight excluding hydrogens is 449 g/mol. The summed E-state index contributed by atoms with van der Waals surface area (Å²) in [6.07, 6.45) is 0. The molecule has 168 valence electrons. The van der Waals surface area contributed by atoms with E-state index in [1.807, 2.05) is 30.3 Å². The van der Waals surface area contributed by atoms with Crippen LogP contribution in [0.1, 0.15) is 21.5 Å². The fourth-order valence-electron chi connectivity index (χ4n) is 2.77. The van der Waals surface area contributed by atoms with E-state index in [1.165, 1.54) is 30.3 Å². The zero-order chi connectivity index (χ0) is 23.1. The number of rotatable bonds is 3. The predicted molar refractivity (Wildman–Crippen MR) is 108 cm³/mol. The first kappa shape index (κ1) is 23.1. The number of ether oxygens (including phenoxy) is 2. The molecule has 0 saturated carbocycles. The second-order valence-corrected chi connectivity index (χ2v) is 7.96. The number of carbonyl (C=O) groups excluding carboxylic acids is 1. The van der Waals surface area contributed by atoms with Gasteiger partial charge in [-0.3, -0.25) is 0 Å². The highest BCUT2D eigenvalue weighted by molar-refractivity contribution is 7.87. The number of esters is 1. The minimum Gasteiger partial charge on any atom is -0.484 e. The fraction of sp³-hybridized carbons (Fsp3) is 0.136. The Morgan fingerprint density at radius 1 is 0.938 bits per heavy atom. The Morgan fingerprint density at radius 2 is 1.59 bits per heavy atom. The van der Waals surface area contributed by atoms with E-state index in [4.69, 9.17) is 13.7 Å². The molecule has 3 aromatic carbocycles. The summed E-state index contributed by atoms with van der Waals surface area (Å²) >= 11 is 0. The van der Waals surface area contributed by atoms with Gasteiger partial charge >= 0.3 is 22.8 Å². The van der Waals surface area contributed by atoms with Crippen LogP contribution in [0.15, 0.2) is 77.7 Å². The molecule has 2 bridgehead atoms. The summed E-state index contributed by atoms with van der Waals surface area (Å²) in [6, 6.07) is 19.9. The van der Waals surface area contributed by atoms with Crippen LogP contribution >= 0.6 is 0 Å². The van der Waals surface area contributed by atoms with Crippen molar-refractivity contribution < 1.29 is 40.0 Å². The van der Waals surface area contributed by atoms with Crippen molar-refractivity contribution in [1.29, 1.82) is 0 Å². The van der Waals surface area contributed by atoms with Gasteiger partial charge in [0, 0.05) is 0 Å². The van der Waals surface area contributed by atoms with Gasteiger partial charge < -0.3 is 13.7 Å². The van der Waals surface area contributed by atoms with E-state index in [-0.39, 0.29) is 35.2 Å². The molecule has 0 N–H and O–H groups in total. The van der Waals surface area contributed by atoms with Crippen molar-refractivity contribution in [3.63, 3.8) is 0 Å². The van der Waals surface area contributed by atoms with Gasteiger partial charge in [-0.05, 0) is 35.4 Å². The maximum Gasteiger partial charge on any atom is 0.379 e. The molecule has 0 radical (unpaired) electrons. The van der Waals surface area contributed by atoms with Gasteiger partial charge in [0.05, 0.1) is 0 Å². The van der Waals surface area contributed by atoms with E-state index >= 15 is 0 Å². The molecule has 2 heterocycles. The van der Waals surface area contributed by atoms with Gasteiger partial charge in [0.2, 0.25) is 0 Å². The van der Waals surface area contributed by atoms with Crippen molar-refractivity contribution in [3.05, 3.63) is 89.5 Å². The molecule has 0 aromatic heterocycles. The Labute approximate surface area is 182 Å². The van der Waals surface area contributed by atoms with E-state index in [2.05, 4.69) is 0 Å². The summed E-state index contributed by atoms with van der Waals surface area (Å²) in [5.74, 6) is -0.657. The Kier molecular flexibility index (Phi) is 7.37. The average Bonchev–Trinajstić information content (AvgIpc) is 2.76. The van der Waals surface area contributed by atoms with Gasteiger partial charge in [0.1, 0.15) is 23.7 Å². The lowest BCUT2D eigenvalue weighted by atomic mass is 10.1. The molecule has 2 aliphatic heterocycles. The number of fused-ring (bicyclic) bond motifs is 4. The molecule has 32 heavy (non-hydrogen) atoms. The molecule has 2 aliphatic rings. The zero-order valence-corrected chi connectivity index (χ0v) is 17.2. The average molecular weight is 466 g/mol. The largest absolute Gasteiger partial charge is 0.484 e. The van der Waals surface area contributed by atoms with Gasteiger partial charge in [-0.15, -0.1) is 0 Å². The van der Waals surface area contributed by atoms with Crippen LogP contribution in [0.25, 0.3) is 0 Å². The Balaban J connectivity index is 0.000000668. The molecule has 6 nitrogen and oxygen atoms in total. The third kappa shape index (κ3) is 6.01. The molecule has 0 amide bonds. The smallest absolute Gasteiger partial charge is 0.379 e. The first-order valence-corrected chi connectivity index (χ1v) is 10.6. The minimum atomic E-state index is -4.05. The molecular formula is C22H17F3O6S. The Hall–Kier alpha value is -3.53. The fourth-order valence-corrected chi connectivity index (χ4v) is 3.70. The maximum absolute atomic E-state index is 12.6. The van der Waals surface area contributed by atoms with Gasteiger partial charge in [-0.2, -0.15) is 21.6 Å². The van der Waals surface area contributed by atoms with Gasteiger partial charge in [-0.25, -0.2) is 4.79 Å². The predicted octanol–water partition coefficient (Wildman–Crippen LogP) is 4.88. The van der Waals surface area contributed by atoms with Crippen LogP contribution in [0.5, 0.6) is 11.5 Å². The standard InChI is InChI=1S/C21H16O6S.CHF3/c22-21(26-14-15-5-2-1-3-6-15)18-7-4-8-19-20(18)25-13-16-9-11-17(12-10-16)28(23,24)27-19;2-1(3)4/h1-12H,13-14H2;1H. The second kappa shape index (κ2) is 10.2. The number of alkyl halides is 3. The summed E-state index contributed by atoms with van der Waals surface area (Å²) in [7, 11) is -4.05. The number of halogens is 3. The van der Waals surface area contributed by atoms with Crippen molar-refractivity contribution in [2.45, 2.75) is 24.8 Å². The van der Waals surface area contributed by atoms with Crippen molar-refractivity contribution >= 4 is 16.1 Å². The van der Waals surface area contributed by atoms with Crippen LogP contribution < -0.4 is 8.92 Å². The highest BCUT2D eigenvalue weighted by Crippen LogP contribution is 2.35. The first-order chi connectivity index (χ1) is 15.3. The van der Waals surface area contributed by atoms with Gasteiger partial charge in [-0.1, -0.05) is 48.5 Å². The minimum absolute atomic E-state index is 0.0288. The van der Waals surface area contributed by atoms with Gasteiger partial charge in [0.25, 0.3) is 0 Å². The summed E-state index contributed by atoms with van der Waals surface area (Å²) in [5.41, 5.74) is 1.69. The summed E-state index contributed by atoms with van der Waals surface area (Å²) in [5, 5.41) is 0. The summed E-state index contributed by atoms with van der Waals surface area (Å²) in [6.45, 7) is -3.43. The monoisotopic (exact) mass is 466 g/mol. The van der Waals surface area contributed by atoms with Crippen LogP contribution in [0.4, 0.5) is 13.2 Å². The number of hydrogen-bond donors (Lipinski definition) is 0. The van der Waals surface area contributed by atoms with Crippen LogP contribution in [-0.2, 0) is 28.1 Å². The topological polar surface area (TPSA) is 78.9 Å². The number of benzene rings is 3. The maximum atomic E-state index is 12.6. The van der Waals surface area contributed by atoms with Crippen molar-refractivity contribution in [2.75, 3.05) is 0 Å². The zero-order valence-electron chi connectivity index (χ0n) is 16.4.